The SMILES string of the molecule is COCCNc1ccc([N+](=O)[O-])cc1C(=O)OCC(=O)c1ccc(C(C)C)cc1. The summed E-state index contributed by atoms with van der Waals surface area (Å²) in [5, 5.41) is 14.0. The van der Waals surface area contributed by atoms with Gasteiger partial charge >= 0.3 is 5.97 Å². The summed E-state index contributed by atoms with van der Waals surface area (Å²) < 4.78 is 10.1. The number of methoxy groups -OCH3 is 1. The van der Waals surface area contributed by atoms with Crippen molar-refractivity contribution in [1.29, 1.82) is 0 Å². The predicted molar refractivity (Wildman–Crippen MR) is 109 cm³/mol. The van der Waals surface area contributed by atoms with E-state index < -0.39 is 17.5 Å². The molecule has 2 aromatic carbocycles. The minimum Gasteiger partial charge on any atom is -0.454 e. The molecule has 0 atom stereocenters. The number of carbonyl (C=O) groups is 2. The second kappa shape index (κ2) is 10.3. The zero-order valence-electron chi connectivity index (χ0n) is 16.6. The summed E-state index contributed by atoms with van der Waals surface area (Å²) in [6.45, 7) is 4.43. The van der Waals surface area contributed by atoms with Gasteiger partial charge in [0.05, 0.1) is 17.1 Å². The number of esters is 1. The van der Waals surface area contributed by atoms with Gasteiger partial charge in [-0.25, -0.2) is 4.79 Å². The Morgan fingerprint density at radius 1 is 1.14 bits per heavy atom. The van der Waals surface area contributed by atoms with Crippen LogP contribution in [-0.4, -0.2) is 43.5 Å². The van der Waals surface area contributed by atoms with Crippen molar-refractivity contribution in [2.24, 2.45) is 0 Å². The van der Waals surface area contributed by atoms with Crippen molar-refractivity contribution < 1.29 is 24.0 Å². The van der Waals surface area contributed by atoms with Crippen LogP contribution >= 0.6 is 0 Å². The Balaban J connectivity index is 2.10. The third-order valence-electron chi connectivity index (χ3n) is 4.29. The van der Waals surface area contributed by atoms with E-state index >= 15 is 0 Å². The zero-order chi connectivity index (χ0) is 21.4. The first-order valence-corrected chi connectivity index (χ1v) is 9.15. The van der Waals surface area contributed by atoms with Gasteiger partial charge in [0.15, 0.2) is 12.4 Å². The average Bonchev–Trinajstić information content (AvgIpc) is 2.72. The monoisotopic (exact) mass is 400 g/mol. The van der Waals surface area contributed by atoms with Crippen LogP contribution in [0.3, 0.4) is 0 Å². The summed E-state index contributed by atoms with van der Waals surface area (Å²) in [5.74, 6) is -0.830. The van der Waals surface area contributed by atoms with E-state index in [1.54, 1.807) is 12.1 Å². The van der Waals surface area contributed by atoms with Crippen molar-refractivity contribution in [3.63, 3.8) is 0 Å². The van der Waals surface area contributed by atoms with Gasteiger partial charge in [-0.2, -0.15) is 0 Å². The minimum absolute atomic E-state index is 0.0155. The number of carbonyl (C=O) groups excluding carboxylic acids is 2. The molecule has 154 valence electrons. The van der Waals surface area contributed by atoms with Gasteiger partial charge in [-0.1, -0.05) is 38.1 Å². The predicted octanol–water partition coefficient (Wildman–Crippen LogP) is 3.82. The van der Waals surface area contributed by atoms with Gasteiger partial charge < -0.3 is 14.8 Å². The van der Waals surface area contributed by atoms with Crippen LogP contribution in [0, 0.1) is 10.1 Å². The molecule has 0 unspecified atom stereocenters. The first kappa shape index (κ1) is 22.0. The molecule has 8 nitrogen and oxygen atoms in total. The van der Waals surface area contributed by atoms with Crippen molar-refractivity contribution >= 4 is 23.1 Å². The number of nitrogens with zero attached hydrogens (tertiary/aromatic N) is 1. The fraction of sp³-hybridized carbons (Fsp3) is 0.333. The van der Waals surface area contributed by atoms with Gasteiger partial charge in [-0.05, 0) is 17.5 Å². The molecule has 0 aliphatic heterocycles. The van der Waals surface area contributed by atoms with E-state index in [0.29, 0.717) is 30.3 Å². The van der Waals surface area contributed by atoms with E-state index in [1.807, 2.05) is 12.1 Å². The molecule has 29 heavy (non-hydrogen) atoms. The lowest BCUT2D eigenvalue weighted by atomic mass is 10.0. The van der Waals surface area contributed by atoms with Gasteiger partial charge in [-0.3, -0.25) is 14.9 Å². The van der Waals surface area contributed by atoms with Crippen molar-refractivity contribution in [2.45, 2.75) is 19.8 Å². The zero-order valence-corrected chi connectivity index (χ0v) is 16.6. The molecule has 0 aromatic heterocycles. The van der Waals surface area contributed by atoms with Crippen LogP contribution in [0.4, 0.5) is 11.4 Å². The largest absolute Gasteiger partial charge is 0.454 e. The number of non-ortho nitro benzene ring substituents is 1. The van der Waals surface area contributed by atoms with Crippen LogP contribution in [0.25, 0.3) is 0 Å². The molecule has 0 fully saturated rings. The summed E-state index contributed by atoms with van der Waals surface area (Å²) in [4.78, 5) is 35.2. The number of hydrogen-bond acceptors (Lipinski definition) is 7. The molecule has 0 aliphatic rings. The third kappa shape index (κ3) is 6.11. The number of hydrogen-bond donors (Lipinski definition) is 1. The summed E-state index contributed by atoms with van der Waals surface area (Å²) in [6.07, 6.45) is 0. The molecule has 1 N–H and O–H groups in total. The molecule has 0 bridgehead atoms. The standard InChI is InChI=1S/C21H24N2O6/c1-14(2)15-4-6-16(7-5-15)20(24)13-29-21(25)18-12-17(23(26)27)8-9-19(18)22-10-11-28-3/h4-9,12,14,22H,10-11,13H2,1-3H3. The second-order valence-electron chi connectivity index (χ2n) is 6.68. The van der Waals surface area contributed by atoms with Gasteiger partial charge in [0, 0.05) is 37.0 Å². The Bertz CT molecular complexity index is 877. The number of nitro groups is 1. The van der Waals surface area contributed by atoms with Gasteiger partial charge in [0.2, 0.25) is 0 Å². The Hall–Kier alpha value is -3.26. The lowest BCUT2D eigenvalue weighted by Gasteiger charge is -2.11. The molecule has 0 saturated carbocycles. The molecule has 2 aromatic rings. The van der Waals surface area contributed by atoms with Crippen LogP contribution in [0.5, 0.6) is 0 Å². The fourth-order valence-corrected chi connectivity index (χ4v) is 2.60. The second-order valence-corrected chi connectivity index (χ2v) is 6.68. The molecule has 2 rings (SSSR count). The van der Waals surface area contributed by atoms with E-state index in [-0.39, 0.29) is 17.0 Å². The quantitative estimate of drug-likeness (QED) is 0.212. The Labute approximate surface area is 169 Å². The summed E-state index contributed by atoms with van der Waals surface area (Å²) in [6, 6.07) is 10.9. The molecular formula is C21H24N2O6. The van der Waals surface area contributed by atoms with Crippen LogP contribution in [0.1, 0.15) is 46.0 Å². The van der Waals surface area contributed by atoms with Crippen molar-refractivity contribution in [1.82, 2.24) is 0 Å². The minimum atomic E-state index is -0.819. The smallest absolute Gasteiger partial charge is 0.340 e. The lowest BCUT2D eigenvalue weighted by Crippen LogP contribution is -2.17. The molecule has 0 saturated heterocycles. The highest BCUT2D eigenvalue weighted by atomic mass is 16.6. The maximum absolute atomic E-state index is 12.5. The number of Topliss-reactive ketones (excluding diaryl/α,β-unsaturated/α-hetero) is 1. The number of ketones is 1. The molecule has 0 heterocycles. The fourth-order valence-electron chi connectivity index (χ4n) is 2.60. The molecule has 0 radical (unpaired) electrons. The van der Waals surface area contributed by atoms with Crippen molar-refractivity contribution in [3.05, 3.63) is 69.3 Å². The van der Waals surface area contributed by atoms with Crippen LogP contribution in [-0.2, 0) is 9.47 Å². The van der Waals surface area contributed by atoms with E-state index in [2.05, 4.69) is 19.2 Å². The highest BCUT2D eigenvalue weighted by molar-refractivity contribution is 6.01. The van der Waals surface area contributed by atoms with Crippen LogP contribution < -0.4 is 5.32 Å². The lowest BCUT2D eigenvalue weighted by molar-refractivity contribution is -0.384. The Morgan fingerprint density at radius 2 is 1.83 bits per heavy atom. The highest BCUT2D eigenvalue weighted by Gasteiger charge is 2.19. The van der Waals surface area contributed by atoms with Crippen LogP contribution in [0.15, 0.2) is 42.5 Å². The molecule has 0 spiro atoms. The maximum atomic E-state index is 12.5. The van der Waals surface area contributed by atoms with Gasteiger partial charge in [-0.15, -0.1) is 0 Å². The third-order valence-corrected chi connectivity index (χ3v) is 4.29. The van der Waals surface area contributed by atoms with Crippen molar-refractivity contribution in [2.75, 3.05) is 32.2 Å². The van der Waals surface area contributed by atoms with Crippen molar-refractivity contribution in [3.8, 4) is 0 Å². The highest BCUT2D eigenvalue weighted by Crippen LogP contribution is 2.23. The first-order chi connectivity index (χ1) is 13.8. The van der Waals surface area contributed by atoms with E-state index in [0.717, 1.165) is 11.6 Å². The van der Waals surface area contributed by atoms with E-state index in [4.69, 9.17) is 9.47 Å². The van der Waals surface area contributed by atoms with E-state index in [1.165, 1.54) is 19.2 Å². The molecule has 8 heteroatoms. The molecular weight excluding hydrogens is 376 g/mol. The number of ether oxygens (including phenoxy) is 2. The van der Waals surface area contributed by atoms with Crippen LogP contribution in [0.2, 0.25) is 0 Å². The number of rotatable bonds is 10. The Morgan fingerprint density at radius 3 is 2.41 bits per heavy atom. The summed E-state index contributed by atoms with van der Waals surface area (Å²) >= 11 is 0. The van der Waals surface area contributed by atoms with Gasteiger partial charge in [0.25, 0.3) is 5.69 Å². The number of nitro benzene ring substituents is 1. The first-order valence-electron chi connectivity index (χ1n) is 9.15. The normalized spacial score (nSPS) is 10.6. The van der Waals surface area contributed by atoms with Gasteiger partial charge in [0.1, 0.15) is 0 Å². The van der Waals surface area contributed by atoms with E-state index in [9.17, 15) is 19.7 Å². The average molecular weight is 400 g/mol. The summed E-state index contributed by atoms with van der Waals surface area (Å²) in [5.41, 5.74) is 1.64. The maximum Gasteiger partial charge on any atom is 0.340 e. The molecule has 0 amide bonds. The molecule has 0 aliphatic carbocycles. The topological polar surface area (TPSA) is 108 Å². The summed E-state index contributed by atoms with van der Waals surface area (Å²) in [7, 11) is 1.53. The number of benzene rings is 2. The number of anilines is 1. The number of nitrogens with one attached hydrogen (secondary N) is 1. The Kier molecular flexibility index (Phi) is 7.85.